The Kier molecular flexibility index (Phi) is 10.2. The van der Waals surface area contributed by atoms with Crippen LogP contribution in [0.4, 0.5) is 5.69 Å². The first-order chi connectivity index (χ1) is 17.3. The summed E-state index contributed by atoms with van der Waals surface area (Å²) in [6.07, 6.45) is 0. The zero-order valence-corrected chi connectivity index (χ0v) is 22.9. The van der Waals surface area contributed by atoms with Gasteiger partial charge in [-0.05, 0) is 42.0 Å². The molecule has 0 aliphatic rings. The summed E-state index contributed by atoms with van der Waals surface area (Å²) in [6, 6.07) is 18.0. The van der Waals surface area contributed by atoms with Gasteiger partial charge >= 0.3 is 0 Å². The number of ether oxygens (including phenoxy) is 2. The molecule has 0 atom stereocenters. The Morgan fingerprint density at radius 2 is 1.67 bits per heavy atom. The smallest absolute Gasteiger partial charge is 0.264 e. The van der Waals surface area contributed by atoms with E-state index in [1.165, 1.54) is 32.4 Å². The Balaban J connectivity index is 1.74. The van der Waals surface area contributed by atoms with E-state index in [4.69, 9.17) is 32.7 Å². The summed E-state index contributed by atoms with van der Waals surface area (Å²) < 4.78 is 38.8. The number of amides is 1. The highest BCUT2D eigenvalue weighted by Crippen LogP contribution is 2.35. The minimum atomic E-state index is -4.09. The van der Waals surface area contributed by atoms with Gasteiger partial charge in [0.05, 0.1) is 24.8 Å². The van der Waals surface area contributed by atoms with Crippen LogP contribution in [0.3, 0.4) is 0 Å². The number of nitrogens with one attached hydrogen (secondary N) is 1. The van der Waals surface area contributed by atoms with E-state index in [-0.39, 0.29) is 16.3 Å². The van der Waals surface area contributed by atoms with Crippen LogP contribution in [0.1, 0.15) is 5.56 Å². The van der Waals surface area contributed by atoms with Crippen molar-refractivity contribution >= 4 is 56.6 Å². The van der Waals surface area contributed by atoms with Crippen LogP contribution in [0, 0.1) is 0 Å². The fourth-order valence-corrected chi connectivity index (χ4v) is 6.34. The van der Waals surface area contributed by atoms with E-state index >= 15 is 0 Å². The first-order valence-electron chi connectivity index (χ1n) is 10.8. The van der Waals surface area contributed by atoms with E-state index in [1.807, 2.05) is 0 Å². The largest absolute Gasteiger partial charge is 0.497 e. The zero-order chi connectivity index (χ0) is 26.1. The topological polar surface area (TPSA) is 84.9 Å². The number of benzene rings is 3. The van der Waals surface area contributed by atoms with Crippen LogP contribution < -0.4 is 19.1 Å². The van der Waals surface area contributed by atoms with Crippen molar-refractivity contribution in [1.29, 1.82) is 0 Å². The highest BCUT2D eigenvalue weighted by Gasteiger charge is 2.29. The maximum Gasteiger partial charge on any atom is 0.264 e. The summed E-state index contributed by atoms with van der Waals surface area (Å²) in [6.45, 7) is -0.109. The van der Waals surface area contributed by atoms with Crippen LogP contribution in [0.15, 0.2) is 71.6 Å². The van der Waals surface area contributed by atoms with Crippen LogP contribution in [0.2, 0.25) is 10.0 Å². The molecule has 0 radical (unpaired) electrons. The van der Waals surface area contributed by atoms with Crippen molar-refractivity contribution in [2.24, 2.45) is 0 Å². The van der Waals surface area contributed by atoms with Gasteiger partial charge in [-0.3, -0.25) is 9.10 Å². The number of hydrogen-bond acceptors (Lipinski definition) is 6. The second kappa shape index (κ2) is 13.1. The van der Waals surface area contributed by atoms with Crippen LogP contribution in [-0.4, -0.2) is 47.4 Å². The third kappa shape index (κ3) is 7.00. The predicted molar refractivity (Wildman–Crippen MR) is 146 cm³/mol. The first kappa shape index (κ1) is 28.0. The fraction of sp³-hybridized carbons (Fsp3) is 0.240. The molecule has 192 valence electrons. The van der Waals surface area contributed by atoms with Gasteiger partial charge in [0.25, 0.3) is 10.0 Å². The van der Waals surface area contributed by atoms with E-state index in [1.54, 1.807) is 60.3 Å². The molecule has 0 heterocycles. The molecule has 11 heteroatoms. The molecule has 3 aromatic rings. The molecule has 0 unspecified atom stereocenters. The van der Waals surface area contributed by atoms with Gasteiger partial charge in [-0.1, -0.05) is 47.5 Å². The minimum Gasteiger partial charge on any atom is -0.497 e. The molecule has 0 spiro atoms. The van der Waals surface area contributed by atoms with Crippen molar-refractivity contribution in [2.45, 2.75) is 10.6 Å². The van der Waals surface area contributed by atoms with E-state index in [0.29, 0.717) is 33.8 Å². The van der Waals surface area contributed by atoms with Gasteiger partial charge in [0.15, 0.2) is 0 Å². The zero-order valence-electron chi connectivity index (χ0n) is 19.7. The lowest BCUT2D eigenvalue weighted by Gasteiger charge is -2.26. The second-order valence-electron chi connectivity index (χ2n) is 7.47. The minimum absolute atomic E-state index is 0.0508. The number of methoxy groups -OCH3 is 2. The lowest BCUT2D eigenvalue weighted by molar-refractivity contribution is -0.119. The van der Waals surface area contributed by atoms with Gasteiger partial charge in [-0.15, -0.1) is 0 Å². The Morgan fingerprint density at radius 3 is 2.31 bits per heavy atom. The third-order valence-corrected chi connectivity index (χ3v) is 8.62. The molecule has 0 bridgehead atoms. The van der Waals surface area contributed by atoms with Gasteiger partial charge in [0, 0.05) is 34.2 Å². The molecule has 3 rings (SSSR count). The third-order valence-electron chi connectivity index (χ3n) is 5.15. The highest BCUT2D eigenvalue weighted by atomic mass is 35.5. The van der Waals surface area contributed by atoms with Crippen molar-refractivity contribution < 1.29 is 22.7 Å². The SMILES string of the molecule is COc1ccc(OC)c(N(CC(=O)NCCSCc2c(Cl)cccc2Cl)S(=O)(=O)c2ccccc2)c1. The average Bonchev–Trinajstić information content (AvgIpc) is 2.88. The molecule has 7 nitrogen and oxygen atoms in total. The number of hydrogen-bond donors (Lipinski definition) is 1. The average molecular weight is 570 g/mol. The van der Waals surface area contributed by atoms with Gasteiger partial charge in [0.1, 0.15) is 18.0 Å². The predicted octanol–water partition coefficient (Wildman–Crippen LogP) is 5.26. The molecule has 0 aliphatic heterocycles. The molecular formula is C25H26Cl2N2O5S2. The summed E-state index contributed by atoms with van der Waals surface area (Å²) in [5.74, 6) is 1.42. The molecule has 0 aliphatic carbocycles. The maximum atomic E-state index is 13.6. The van der Waals surface area contributed by atoms with Gasteiger partial charge < -0.3 is 14.8 Å². The van der Waals surface area contributed by atoms with Crippen LogP contribution >= 0.6 is 35.0 Å². The number of anilines is 1. The summed E-state index contributed by atoms with van der Waals surface area (Å²) in [4.78, 5) is 12.9. The maximum absolute atomic E-state index is 13.6. The van der Waals surface area contributed by atoms with Gasteiger partial charge in [-0.2, -0.15) is 11.8 Å². The normalized spacial score (nSPS) is 11.1. The summed E-state index contributed by atoms with van der Waals surface area (Å²) in [7, 11) is -1.18. The number of sulfonamides is 1. The molecule has 1 N–H and O–H groups in total. The number of carbonyl (C=O) groups excluding carboxylic acids is 1. The van der Waals surface area contributed by atoms with Crippen molar-refractivity contribution in [2.75, 3.05) is 37.4 Å². The van der Waals surface area contributed by atoms with Crippen molar-refractivity contribution in [3.63, 3.8) is 0 Å². The molecule has 0 saturated heterocycles. The second-order valence-corrected chi connectivity index (χ2v) is 11.2. The number of nitrogens with zero attached hydrogens (tertiary/aromatic N) is 1. The Labute approximate surface area is 225 Å². The van der Waals surface area contributed by atoms with E-state index < -0.39 is 22.5 Å². The van der Waals surface area contributed by atoms with Gasteiger partial charge in [-0.25, -0.2) is 8.42 Å². The number of carbonyl (C=O) groups is 1. The van der Waals surface area contributed by atoms with E-state index in [2.05, 4.69) is 5.32 Å². The molecule has 36 heavy (non-hydrogen) atoms. The summed E-state index contributed by atoms with van der Waals surface area (Å²) >= 11 is 14.0. The quantitative estimate of drug-likeness (QED) is 0.300. The van der Waals surface area contributed by atoms with Gasteiger partial charge in [0.2, 0.25) is 5.91 Å². The molecular weight excluding hydrogens is 543 g/mol. The monoisotopic (exact) mass is 568 g/mol. The lowest BCUT2D eigenvalue weighted by Crippen LogP contribution is -2.41. The first-order valence-corrected chi connectivity index (χ1v) is 14.2. The molecule has 1 amide bonds. The Bertz CT molecular complexity index is 1270. The van der Waals surface area contributed by atoms with Crippen molar-refractivity contribution in [3.8, 4) is 11.5 Å². The van der Waals surface area contributed by atoms with E-state index in [9.17, 15) is 13.2 Å². The standard InChI is InChI=1S/C25H26Cl2N2O5S2/c1-33-18-11-12-24(34-2)23(15-18)29(36(31,32)19-7-4-3-5-8-19)16-25(30)28-13-14-35-17-20-21(26)9-6-10-22(20)27/h3-12,15H,13-14,16-17H2,1-2H3,(H,28,30). The van der Waals surface area contributed by atoms with E-state index in [0.717, 1.165) is 9.87 Å². The highest BCUT2D eigenvalue weighted by molar-refractivity contribution is 7.98. The molecule has 0 fully saturated rings. The summed E-state index contributed by atoms with van der Waals surface area (Å²) in [5, 5.41) is 3.97. The van der Waals surface area contributed by atoms with Crippen LogP contribution in [-0.2, 0) is 20.6 Å². The number of rotatable bonds is 12. The summed E-state index contributed by atoms with van der Waals surface area (Å²) in [5.41, 5.74) is 1.03. The van der Waals surface area contributed by atoms with Crippen molar-refractivity contribution in [3.05, 3.63) is 82.3 Å². The van der Waals surface area contributed by atoms with Crippen LogP contribution in [0.25, 0.3) is 0 Å². The fourth-order valence-electron chi connectivity index (χ4n) is 3.30. The number of halogens is 2. The lowest BCUT2D eigenvalue weighted by atomic mass is 10.2. The molecule has 3 aromatic carbocycles. The van der Waals surface area contributed by atoms with Crippen LogP contribution in [0.5, 0.6) is 11.5 Å². The Morgan fingerprint density at radius 1 is 0.972 bits per heavy atom. The molecule has 0 saturated carbocycles. The molecule has 0 aromatic heterocycles. The Hall–Kier alpha value is -2.59. The number of thioether (sulfide) groups is 1. The van der Waals surface area contributed by atoms with Crippen molar-refractivity contribution in [1.82, 2.24) is 5.32 Å².